The van der Waals surface area contributed by atoms with E-state index in [1.807, 2.05) is 0 Å². The molecule has 2 saturated heterocycles. The average molecular weight is 888 g/mol. The number of carbonyl (C=O) groups is 6. The normalized spacial score (nSPS) is 26.1. The molecule has 3 N–H and O–H groups in total. The summed E-state index contributed by atoms with van der Waals surface area (Å²) in [4.78, 5) is 83.9. The zero-order valence-electron chi connectivity index (χ0n) is 34.1. The van der Waals surface area contributed by atoms with Gasteiger partial charge in [-0.15, -0.1) is 0 Å². The van der Waals surface area contributed by atoms with E-state index in [1.165, 1.54) is 72.8 Å². The highest BCUT2D eigenvalue weighted by Gasteiger charge is 2.58. The minimum atomic E-state index is -2.02. The van der Waals surface area contributed by atoms with Crippen molar-refractivity contribution in [2.24, 2.45) is 0 Å². The third-order valence-corrected chi connectivity index (χ3v) is 11.0. The standard InChI is InChI=1S/C48H41NO16/c50-25-33-36(51)37(52)35(49-41(53)31-23-13-14-24-32(31)42(49)54)47(60-33)65-48-40(64-46(58)30-21-11-4-12-22-30)39(63-45(57)29-19-9-3-10-20-29)38(62-44(56)28-17-7-2-8-18-28)34(61-48)26-59-43(55)27-15-5-1-6-16-27/h1-24,33-40,47-48,50-52H,25-26H2/t33-,34-,35-,36-,37-,38+,39+,40-,47?,48?/m1/s1. The molecule has 3 aliphatic heterocycles. The highest BCUT2D eigenvalue weighted by Crippen LogP contribution is 2.37. The minimum Gasteiger partial charge on any atom is -0.459 e. The van der Waals surface area contributed by atoms with Gasteiger partial charge in [0, 0.05) is 0 Å². The Balaban J connectivity index is 1.24. The molecular formula is C48H41NO16. The third kappa shape index (κ3) is 9.42. The lowest BCUT2D eigenvalue weighted by Gasteiger charge is -2.48. The SMILES string of the molecule is O=C(OC[C@H]1OC(OC2O[C@H](CO)[C@@H](O)[C@H](O)[C@H]2N2C(=O)c3ccccc3C2=O)[C@H](OC(=O)c2ccccc2)[C@@H](OC(=O)c2ccccc2)[C@H]1OC(=O)c1ccccc1)c1ccccc1. The average Bonchev–Trinajstić information content (AvgIpc) is 3.59. The number of hydrogen-bond acceptors (Lipinski definition) is 16. The molecule has 17 heteroatoms. The topological polar surface area (TPSA) is 231 Å². The van der Waals surface area contributed by atoms with Crippen molar-refractivity contribution in [2.75, 3.05) is 13.2 Å². The maximum atomic E-state index is 14.1. The zero-order chi connectivity index (χ0) is 45.6. The molecule has 0 aromatic heterocycles. The van der Waals surface area contributed by atoms with Crippen LogP contribution in [0, 0.1) is 0 Å². The first-order chi connectivity index (χ1) is 31.5. The van der Waals surface area contributed by atoms with Crippen LogP contribution in [0.15, 0.2) is 146 Å². The van der Waals surface area contributed by atoms with Gasteiger partial charge >= 0.3 is 23.9 Å². The van der Waals surface area contributed by atoms with E-state index in [0.29, 0.717) is 4.90 Å². The van der Waals surface area contributed by atoms with Crippen LogP contribution in [0.4, 0.5) is 0 Å². The highest BCUT2D eigenvalue weighted by molar-refractivity contribution is 6.21. The largest absolute Gasteiger partial charge is 0.459 e. The first-order valence-electron chi connectivity index (χ1n) is 20.4. The number of hydrogen-bond donors (Lipinski definition) is 3. The van der Waals surface area contributed by atoms with Crippen molar-refractivity contribution >= 4 is 35.7 Å². The van der Waals surface area contributed by atoms with Crippen LogP contribution < -0.4 is 0 Å². The fraction of sp³-hybridized carbons (Fsp3) is 0.250. The Labute approximate surface area is 370 Å². The van der Waals surface area contributed by atoms with Crippen molar-refractivity contribution in [1.29, 1.82) is 0 Å². The molecular weight excluding hydrogens is 847 g/mol. The second-order valence-electron chi connectivity index (χ2n) is 15.1. The number of esters is 4. The van der Waals surface area contributed by atoms with E-state index in [9.17, 15) is 44.1 Å². The summed E-state index contributed by atoms with van der Waals surface area (Å²) in [7, 11) is 0. The van der Waals surface area contributed by atoms with E-state index in [1.54, 1.807) is 72.8 Å². The van der Waals surface area contributed by atoms with Crippen molar-refractivity contribution < 1.29 is 77.2 Å². The minimum absolute atomic E-state index is 0.00726. The summed E-state index contributed by atoms with van der Waals surface area (Å²) in [5.74, 6) is -5.55. The first-order valence-corrected chi connectivity index (χ1v) is 20.4. The van der Waals surface area contributed by atoms with E-state index < -0.39 is 110 Å². The molecule has 10 atom stereocenters. The van der Waals surface area contributed by atoms with E-state index in [4.69, 9.17) is 33.2 Å². The number of rotatable bonds is 13. The molecule has 5 aromatic carbocycles. The van der Waals surface area contributed by atoms with E-state index in [2.05, 4.69) is 0 Å². The number of fused-ring (bicyclic) bond motifs is 1. The molecule has 0 spiro atoms. The molecule has 2 amide bonds. The number of aliphatic hydroxyl groups is 3. The Hall–Kier alpha value is -7.12. The molecule has 2 fully saturated rings. The number of amides is 2. The van der Waals surface area contributed by atoms with Gasteiger partial charge in [0.25, 0.3) is 11.8 Å². The number of carbonyl (C=O) groups excluding carboxylic acids is 6. The Morgan fingerprint density at radius 2 is 0.892 bits per heavy atom. The highest BCUT2D eigenvalue weighted by atomic mass is 16.8. The van der Waals surface area contributed by atoms with Gasteiger partial charge in [0.1, 0.15) is 37.1 Å². The van der Waals surface area contributed by atoms with Gasteiger partial charge in [0.05, 0.1) is 40.0 Å². The molecule has 5 aromatic rings. The van der Waals surface area contributed by atoms with Crippen LogP contribution in [0.2, 0.25) is 0 Å². The molecule has 2 unspecified atom stereocenters. The predicted octanol–water partition coefficient (Wildman–Crippen LogP) is 3.37. The van der Waals surface area contributed by atoms with Crippen molar-refractivity contribution in [3.05, 3.63) is 179 Å². The van der Waals surface area contributed by atoms with Gasteiger partial charge in [0.2, 0.25) is 6.29 Å². The summed E-state index contributed by atoms with van der Waals surface area (Å²) >= 11 is 0. The van der Waals surface area contributed by atoms with Crippen LogP contribution in [0.3, 0.4) is 0 Å². The molecule has 0 aliphatic carbocycles. The molecule has 3 heterocycles. The summed E-state index contributed by atoms with van der Waals surface area (Å²) in [5, 5.41) is 33.0. The van der Waals surface area contributed by atoms with Crippen LogP contribution in [0.1, 0.15) is 62.1 Å². The number of ether oxygens (including phenoxy) is 7. The molecule has 17 nitrogen and oxygen atoms in total. The van der Waals surface area contributed by atoms with Crippen LogP contribution in [-0.4, -0.2) is 130 Å². The Kier molecular flexibility index (Phi) is 13.5. The second kappa shape index (κ2) is 19.7. The fourth-order valence-corrected chi connectivity index (χ4v) is 7.70. The molecule has 0 saturated carbocycles. The number of imide groups is 1. The lowest BCUT2D eigenvalue weighted by molar-refractivity contribution is -0.365. The number of aliphatic hydroxyl groups excluding tert-OH is 3. The van der Waals surface area contributed by atoms with Crippen LogP contribution in [0.25, 0.3) is 0 Å². The molecule has 334 valence electrons. The van der Waals surface area contributed by atoms with Gasteiger partial charge in [-0.05, 0) is 60.7 Å². The van der Waals surface area contributed by atoms with Crippen molar-refractivity contribution in [3.63, 3.8) is 0 Å². The predicted molar refractivity (Wildman–Crippen MR) is 222 cm³/mol. The zero-order valence-corrected chi connectivity index (χ0v) is 34.1. The monoisotopic (exact) mass is 887 g/mol. The summed E-state index contributed by atoms with van der Waals surface area (Å²) in [6.45, 7) is -1.61. The molecule has 8 rings (SSSR count). The van der Waals surface area contributed by atoms with Gasteiger partial charge in [-0.3, -0.25) is 14.5 Å². The maximum Gasteiger partial charge on any atom is 0.338 e. The lowest BCUT2D eigenvalue weighted by atomic mass is 9.95. The van der Waals surface area contributed by atoms with Crippen molar-refractivity contribution in [1.82, 2.24) is 4.90 Å². The maximum absolute atomic E-state index is 14.1. The quantitative estimate of drug-likeness (QED) is 0.0874. The Morgan fingerprint density at radius 1 is 0.492 bits per heavy atom. The van der Waals surface area contributed by atoms with Crippen molar-refractivity contribution in [3.8, 4) is 0 Å². The van der Waals surface area contributed by atoms with Crippen LogP contribution >= 0.6 is 0 Å². The number of benzene rings is 5. The summed E-state index contributed by atoms with van der Waals surface area (Å²) in [5.41, 5.74) is 0.169. The Morgan fingerprint density at radius 3 is 1.35 bits per heavy atom. The number of nitrogens with zero attached hydrogens (tertiary/aromatic N) is 1. The molecule has 3 aliphatic rings. The van der Waals surface area contributed by atoms with Gasteiger partial charge in [-0.2, -0.15) is 0 Å². The summed E-state index contributed by atoms with van der Waals surface area (Å²) < 4.78 is 42.7. The second-order valence-corrected chi connectivity index (χ2v) is 15.1. The molecule has 65 heavy (non-hydrogen) atoms. The van der Waals surface area contributed by atoms with Crippen LogP contribution in [0.5, 0.6) is 0 Å². The van der Waals surface area contributed by atoms with Gasteiger partial charge < -0.3 is 48.5 Å². The van der Waals surface area contributed by atoms with Gasteiger partial charge in [-0.1, -0.05) is 84.9 Å². The Bertz CT molecular complexity index is 2470. The van der Waals surface area contributed by atoms with E-state index in [-0.39, 0.29) is 33.4 Å². The third-order valence-electron chi connectivity index (χ3n) is 11.0. The molecule has 0 bridgehead atoms. The first kappa shape index (κ1) is 44.5. The molecule has 0 radical (unpaired) electrons. The van der Waals surface area contributed by atoms with E-state index in [0.717, 1.165) is 0 Å². The van der Waals surface area contributed by atoms with Gasteiger partial charge in [-0.25, -0.2) is 19.2 Å². The van der Waals surface area contributed by atoms with E-state index >= 15 is 0 Å². The van der Waals surface area contributed by atoms with Gasteiger partial charge in [0.15, 0.2) is 24.6 Å². The fourth-order valence-electron chi connectivity index (χ4n) is 7.70. The lowest BCUT2D eigenvalue weighted by Crippen LogP contribution is -2.68. The summed E-state index contributed by atoms with van der Waals surface area (Å²) in [6, 6.07) is 34.9. The van der Waals surface area contributed by atoms with Crippen molar-refractivity contribution in [2.45, 2.75) is 61.3 Å². The summed E-state index contributed by atoms with van der Waals surface area (Å²) in [6.07, 6.45) is -16.7. The smallest absolute Gasteiger partial charge is 0.338 e. The van der Waals surface area contributed by atoms with Crippen LogP contribution in [-0.2, 0) is 33.2 Å².